The van der Waals surface area contributed by atoms with Crippen molar-refractivity contribution in [3.63, 3.8) is 0 Å². The highest BCUT2D eigenvalue weighted by Crippen LogP contribution is 2.38. The first-order valence-electron chi connectivity index (χ1n) is 10.0. The first-order chi connectivity index (χ1) is 15.2. The monoisotopic (exact) mass is 414 g/mol. The highest BCUT2D eigenvalue weighted by molar-refractivity contribution is 6.05. The molecule has 1 fully saturated rings. The zero-order valence-electron chi connectivity index (χ0n) is 16.9. The number of carbonyl (C=O) groups is 1. The summed E-state index contributed by atoms with van der Waals surface area (Å²) in [6.45, 7) is 0.573. The lowest BCUT2D eigenvalue weighted by Crippen LogP contribution is -2.25. The van der Waals surface area contributed by atoms with E-state index >= 15 is 0 Å². The zero-order valence-corrected chi connectivity index (χ0v) is 16.9. The van der Waals surface area contributed by atoms with Gasteiger partial charge in [-0.1, -0.05) is 18.2 Å². The summed E-state index contributed by atoms with van der Waals surface area (Å²) >= 11 is 0. The van der Waals surface area contributed by atoms with Gasteiger partial charge in [0.15, 0.2) is 5.82 Å². The summed E-state index contributed by atoms with van der Waals surface area (Å²) in [4.78, 5) is 27.9. The number of anilines is 1. The number of fused-ring (bicyclic) bond motifs is 1. The molecule has 0 radical (unpaired) electrons. The van der Waals surface area contributed by atoms with Crippen molar-refractivity contribution in [2.24, 2.45) is 0 Å². The fourth-order valence-corrected chi connectivity index (χ4v) is 3.89. The van der Waals surface area contributed by atoms with Gasteiger partial charge in [-0.2, -0.15) is 0 Å². The van der Waals surface area contributed by atoms with Gasteiger partial charge in [0.25, 0.3) is 0 Å². The van der Waals surface area contributed by atoms with Crippen molar-refractivity contribution in [3.05, 3.63) is 66.7 Å². The van der Waals surface area contributed by atoms with E-state index in [1.54, 1.807) is 48.7 Å². The van der Waals surface area contributed by atoms with Crippen LogP contribution < -0.4 is 9.64 Å². The van der Waals surface area contributed by atoms with E-state index in [-0.39, 0.29) is 11.7 Å². The van der Waals surface area contributed by atoms with Crippen molar-refractivity contribution >= 4 is 22.6 Å². The number of aromatic nitrogens is 3. The number of amides is 1. The quantitative estimate of drug-likeness (QED) is 0.487. The molecular formula is C24H19FN4O2. The number of rotatable bonds is 4. The summed E-state index contributed by atoms with van der Waals surface area (Å²) in [5.74, 6) is 1.11. The van der Waals surface area contributed by atoms with Gasteiger partial charge >= 0.3 is 0 Å². The first-order valence-corrected chi connectivity index (χ1v) is 10.0. The number of carbonyl (C=O) groups excluding carboxylic acids is 1. The van der Waals surface area contributed by atoms with Crippen LogP contribution in [-0.2, 0) is 4.79 Å². The number of halogens is 1. The Morgan fingerprint density at radius 1 is 1.06 bits per heavy atom. The van der Waals surface area contributed by atoms with E-state index in [9.17, 15) is 9.18 Å². The number of nitrogens with zero attached hydrogens (tertiary/aromatic N) is 4. The van der Waals surface area contributed by atoms with Gasteiger partial charge in [-0.05, 0) is 42.3 Å². The lowest BCUT2D eigenvalue weighted by molar-refractivity contribution is -0.117. The van der Waals surface area contributed by atoms with Crippen LogP contribution in [0.4, 0.5) is 10.2 Å². The van der Waals surface area contributed by atoms with Gasteiger partial charge in [-0.3, -0.25) is 14.7 Å². The number of hydrogen-bond acceptors (Lipinski definition) is 5. The lowest BCUT2D eigenvalue weighted by atomic mass is 10.0. The third-order valence-corrected chi connectivity index (χ3v) is 5.40. The van der Waals surface area contributed by atoms with Gasteiger partial charge in [-0.15, -0.1) is 0 Å². The van der Waals surface area contributed by atoms with Gasteiger partial charge in [0, 0.05) is 41.9 Å². The van der Waals surface area contributed by atoms with E-state index in [4.69, 9.17) is 14.7 Å². The molecule has 0 spiro atoms. The Bertz CT molecular complexity index is 1290. The Morgan fingerprint density at radius 2 is 1.94 bits per heavy atom. The molecule has 3 heterocycles. The Labute approximate surface area is 178 Å². The van der Waals surface area contributed by atoms with Gasteiger partial charge < -0.3 is 4.74 Å². The molecule has 0 N–H and O–H groups in total. The van der Waals surface area contributed by atoms with Gasteiger partial charge in [0.2, 0.25) is 5.91 Å². The molecule has 0 aliphatic carbocycles. The average molecular weight is 414 g/mol. The Morgan fingerprint density at radius 3 is 2.65 bits per heavy atom. The maximum atomic E-state index is 14.5. The molecule has 1 amide bonds. The van der Waals surface area contributed by atoms with Crippen LogP contribution in [0.25, 0.3) is 33.4 Å². The molecule has 2 aromatic carbocycles. The van der Waals surface area contributed by atoms with Crippen LogP contribution in [0.1, 0.15) is 12.8 Å². The molecule has 0 unspecified atom stereocenters. The normalized spacial score (nSPS) is 13.7. The Kier molecular flexibility index (Phi) is 4.78. The second kappa shape index (κ2) is 7.75. The topological polar surface area (TPSA) is 68.2 Å². The smallest absolute Gasteiger partial charge is 0.228 e. The number of ether oxygens (including phenoxy) is 1. The maximum Gasteiger partial charge on any atom is 0.228 e. The molecule has 2 aromatic heterocycles. The molecular weight excluding hydrogens is 395 g/mol. The maximum absolute atomic E-state index is 14.5. The van der Waals surface area contributed by atoms with Crippen LogP contribution >= 0.6 is 0 Å². The highest BCUT2D eigenvalue weighted by atomic mass is 19.1. The Hall–Kier alpha value is -3.87. The molecule has 6 nitrogen and oxygen atoms in total. The van der Waals surface area contributed by atoms with Crippen molar-refractivity contribution in [2.45, 2.75) is 12.8 Å². The van der Waals surface area contributed by atoms with Crippen molar-refractivity contribution in [2.75, 3.05) is 18.6 Å². The Balaban J connectivity index is 1.82. The summed E-state index contributed by atoms with van der Waals surface area (Å²) in [5.41, 5.74) is 2.37. The van der Waals surface area contributed by atoms with Crippen molar-refractivity contribution in [3.8, 4) is 28.3 Å². The minimum Gasteiger partial charge on any atom is -0.494 e. The minimum absolute atomic E-state index is 0.00685. The number of methoxy groups -OCH3 is 1. The van der Waals surface area contributed by atoms with Gasteiger partial charge in [-0.25, -0.2) is 14.4 Å². The largest absolute Gasteiger partial charge is 0.494 e. The summed E-state index contributed by atoms with van der Waals surface area (Å²) in [7, 11) is 1.55. The van der Waals surface area contributed by atoms with Crippen molar-refractivity contribution in [1.82, 2.24) is 15.0 Å². The summed E-state index contributed by atoms with van der Waals surface area (Å²) in [6.07, 6.45) is 4.59. The molecule has 154 valence electrons. The predicted octanol–water partition coefficient (Wildman–Crippen LogP) is 4.63. The van der Waals surface area contributed by atoms with E-state index in [1.165, 1.54) is 6.07 Å². The molecule has 1 aliphatic rings. The fraction of sp³-hybridized carbons (Fsp3) is 0.167. The number of hydrogen-bond donors (Lipinski definition) is 0. The fourth-order valence-electron chi connectivity index (χ4n) is 3.89. The molecule has 31 heavy (non-hydrogen) atoms. The second-order valence-corrected chi connectivity index (χ2v) is 7.32. The highest BCUT2D eigenvalue weighted by Gasteiger charge is 2.27. The van der Waals surface area contributed by atoms with E-state index in [0.717, 1.165) is 12.0 Å². The minimum atomic E-state index is -0.337. The summed E-state index contributed by atoms with van der Waals surface area (Å²) in [6, 6.07) is 13.8. The van der Waals surface area contributed by atoms with E-state index in [0.29, 0.717) is 52.4 Å². The summed E-state index contributed by atoms with van der Waals surface area (Å²) < 4.78 is 20.1. The molecule has 0 bridgehead atoms. The first kappa shape index (κ1) is 19.1. The van der Waals surface area contributed by atoms with E-state index in [2.05, 4.69) is 4.98 Å². The number of pyridine rings is 1. The SMILES string of the molecule is COc1cc(-c2ccccc2F)cc2c(N3CCCC3=O)nc(-c3cccnc3)nc12. The predicted molar refractivity (Wildman–Crippen MR) is 116 cm³/mol. The van der Waals surface area contributed by atoms with Crippen LogP contribution in [0.3, 0.4) is 0 Å². The van der Waals surface area contributed by atoms with E-state index < -0.39 is 0 Å². The van der Waals surface area contributed by atoms with Crippen LogP contribution in [-0.4, -0.2) is 34.5 Å². The molecule has 0 saturated carbocycles. The zero-order chi connectivity index (χ0) is 21.4. The molecule has 5 rings (SSSR count). The van der Waals surface area contributed by atoms with Crippen LogP contribution in [0, 0.1) is 5.82 Å². The van der Waals surface area contributed by atoms with E-state index in [1.807, 2.05) is 18.2 Å². The molecule has 0 atom stereocenters. The van der Waals surface area contributed by atoms with Gasteiger partial charge in [0.1, 0.15) is 22.9 Å². The standard InChI is InChI=1S/C24H19FN4O2/c1-31-20-13-16(17-7-2-3-8-19(17)25)12-18-22(20)27-23(15-6-4-10-26-14-15)28-24(18)29-11-5-9-21(29)30/h2-4,6-8,10,12-14H,5,9,11H2,1H3. The second-order valence-electron chi connectivity index (χ2n) is 7.32. The summed E-state index contributed by atoms with van der Waals surface area (Å²) in [5, 5.41) is 0.639. The lowest BCUT2D eigenvalue weighted by Gasteiger charge is -2.19. The van der Waals surface area contributed by atoms with Crippen molar-refractivity contribution < 1.29 is 13.9 Å². The molecule has 4 aromatic rings. The average Bonchev–Trinajstić information content (AvgIpc) is 3.24. The molecule has 1 aliphatic heterocycles. The molecule has 7 heteroatoms. The van der Waals surface area contributed by atoms with Crippen LogP contribution in [0.2, 0.25) is 0 Å². The number of benzene rings is 2. The van der Waals surface area contributed by atoms with Crippen LogP contribution in [0.5, 0.6) is 5.75 Å². The van der Waals surface area contributed by atoms with Crippen molar-refractivity contribution in [1.29, 1.82) is 0 Å². The third kappa shape index (κ3) is 3.38. The van der Waals surface area contributed by atoms with Gasteiger partial charge in [0.05, 0.1) is 7.11 Å². The van der Waals surface area contributed by atoms with Crippen LogP contribution in [0.15, 0.2) is 60.9 Å². The molecule has 1 saturated heterocycles. The third-order valence-electron chi connectivity index (χ3n) is 5.40.